The van der Waals surface area contributed by atoms with Gasteiger partial charge < -0.3 is 4.90 Å². The van der Waals surface area contributed by atoms with Crippen LogP contribution in [-0.2, 0) is 20.2 Å². The molecule has 1 amide bonds. The van der Waals surface area contributed by atoms with E-state index in [0.29, 0.717) is 17.5 Å². The molecule has 0 spiro atoms. The molecule has 2 aliphatic rings. The Morgan fingerprint density at radius 1 is 1.30 bits per heavy atom. The van der Waals surface area contributed by atoms with Crippen LogP contribution in [0.25, 0.3) is 6.08 Å². The molecule has 0 bridgehead atoms. The Labute approximate surface area is 163 Å². The van der Waals surface area contributed by atoms with Gasteiger partial charge in [-0.25, -0.2) is 8.42 Å². The summed E-state index contributed by atoms with van der Waals surface area (Å²) in [6.07, 6.45) is 4.67. The molecule has 2 atom stereocenters. The highest BCUT2D eigenvalue weighted by Gasteiger charge is 2.66. The Morgan fingerprint density at radius 2 is 2.04 bits per heavy atom. The molecule has 2 fully saturated rings. The molecule has 2 aromatic rings. The van der Waals surface area contributed by atoms with Crippen LogP contribution in [0.1, 0.15) is 18.1 Å². The van der Waals surface area contributed by atoms with Crippen molar-refractivity contribution >= 4 is 39.0 Å². The molecule has 1 saturated carbocycles. The van der Waals surface area contributed by atoms with Gasteiger partial charge in [0, 0.05) is 30.3 Å². The lowest BCUT2D eigenvalue weighted by molar-refractivity contribution is -0.125. The van der Waals surface area contributed by atoms with Crippen molar-refractivity contribution in [2.75, 3.05) is 24.1 Å². The number of nitrogens with one attached hydrogen (secondary N) is 1. The van der Waals surface area contributed by atoms with Crippen molar-refractivity contribution in [3.63, 3.8) is 0 Å². The van der Waals surface area contributed by atoms with Gasteiger partial charge in [0.15, 0.2) is 0 Å². The molecule has 5 nitrogen and oxygen atoms in total. The fraction of sp³-hybridized carbons (Fsp3) is 0.350. The number of carbonyl (C=O) groups excluding carboxylic acids is 1. The molecule has 27 heavy (non-hydrogen) atoms. The standard InChI is InChI=1S/C20H22N2O3S2/c1-20(15-4-3-5-16(10-15)21-27(2,24)25)17-11-22(12-18(17)20)19(23)7-6-14-8-9-26-13-14/h3-10,13,17-18,21H,11-12H2,1-2H3. The number of benzene rings is 1. The highest BCUT2D eigenvalue weighted by Crippen LogP contribution is 2.63. The minimum Gasteiger partial charge on any atom is -0.339 e. The van der Waals surface area contributed by atoms with Crippen molar-refractivity contribution in [1.29, 1.82) is 0 Å². The fourth-order valence-corrected chi connectivity index (χ4v) is 5.45. The zero-order valence-electron chi connectivity index (χ0n) is 15.3. The van der Waals surface area contributed by atoms with Gasteiger partial charge in [-0.2, -0.15) is 11.3 Å². The molecular weight excluding hydrogens is 380 g/mol. The Kier molecular flexibility index (Phi) is 4.39. The van der Waals surface area contributed by atoms with E-state index in [1.165, 1.54) is 0 Å². The summed E-state index contributed by atoms with van der Waals surface area (Å²) in [5, 5.41) is 4.01. The summed E-state index contributed by atoms with van der Waals surface area (Å²) in [5.74, 6) is 0.900. The molecule has 1 saturated heterocycles. The van der Waals surface area contributed by atoms with Crippen LogP contribution in [0.2, 0.25) is 0 Å². The van der Waals surface area contributed by atoms with Gasteiger partial charge in [-0.3, -0.25) is 9.52 Å². The van der Waals surface area contributed by atoms with Gasteiger partial charge in [-0.1, -0.05) is 19.1 Å². The Bertz CT molecular complexity index is 984. The summed E-state index contributed by atoms with van der Waals surface area (Å²) in [4.78, 5) is 14.3. The number of sulfonamides is 1. The van der Waals surface area contributed by atoms with Crippen LogP contribution >= 0.6 is 11.3 Å². The quantitative estimate of drug-likeness (QED) is 0.781. The van der Waals surface area contributed by atoms with Gasteiger partial charge >= 0.3 is 0 Å². The first kappa shape index (κ1) is 18.3. The van der Waals surface area contributed by atoms with Crippen molar-refractivity contribution < 1.29 is 13.2 Å². The Morgan fingerprint density at radius 3 is 2.67 bits per heavy atom. The van der Waals surface area contributed by atoms with Crippen LogP contribution in [0.15, 0.2) is 47.2 Å². The summed E-state index contributed by atoms with van der Waals surface area (Å²) in [6.45, 7) is 3.71. The number of fused-ring (bicyclic) bond motifs is 1. The lowest BCUT2D eigenvalue weighted by Gasteiger charge is -2.24. The summed E-state index contributed by atoms with van der Waals surface area (Å²) < 4.78 is 25.5. The van der Waals surface area contributed by atoms with Gasteiger partial charge in [-0.15, -0.1) is 0 Å². The zero-order chi connectivity index (χ0) is 19.2. The molecule has 7 heteroatoms. The molecular formula is C20H22N2O3S2. The summed E-state index contributed by atoms with van der Waals surface area (Å²) in [6, 6.07) is 9.60. The maximum atomic E-state index is 12.4. The van der Waals surface area contributed by atoms with E-state index in [4.69, 9.17) is 0 Å². The third kappa shape index (κ3) is 3.53. The minimum absolute atomic E-state index is 0.00302. The lowest BCUT2D eigenvalue weighted by Crippen LogP contribution is -2.33. The number of likely N-dealkylation sites (tertiary alicyclic amines) is 1. The Hall–Kier alpha value is -2.12. The maximum Gasteiger partial charge on any atom is 0.246 e. The van der Waals surface area contributed by atoms with Crippen molar-refractivity contribution in [3.8, 4) is 0 Å². The fourth-order valence-electron chi connectivity index (χ4n) is 4.26. The van der Waals surface area contributed by atoms with E-state index in [1.54, 1.807) is 23.5 Å². The molecule has 142 valence electrons. The third-order valence-electron chi connectivity index (χ3n) is 5.81. The van der Waals surface area contributed by atoms with Crippen molar-refractivity contribution in [3.05, 3.63) is 58.3 Å². The van der Waals surface area contributed by atoms with E-state index in [2.05, 4.69) is 17.7 Å². The predicted molar refractivity (Wildman–Crippen MR) is 109 cm³/mol. The smallest absolute Gasteiger partial charge is 0.246 e. The number of carbonyl (C=O) groups is 1. The number of piperidine rings is 1. The van der Waals surface area contributed by atoms with Gasteiger partial charge in [0.05, 0.1) is 6.26 Å². The molecule has 1 aliphatic heterocycles. The lowest BCUT2D eigenvalue weighted by atomic mass is 9.92. The average Bonchev–Trinajstić information content (AvgIpc) is 3.07. The van der Waals surface area contributed by atoms with Crippen molar-refractivity contribution in [2.24, 2.45) is 11.8 Å². The van der Waals surface area contributed by atoms with Crippen molar-refractivity contribution in [1.82, 2.24) is 4.90 Å². The zero-order valence-corrected chi connectivity index (χ0v) is 16.9. The number of rotatable bonds is 5. The predicted octanol–water partition coefficient (Wildman–Crippen LogP) is 3.18. The minimum atomic E-state index is -3.29. The largest absolute Gasteiger partial charge is 0.339 e. The molecule has 1 aliphatic carbocycles. The molecule has 4 rings (SSSR count). The molecule has 2 unspecified atom stereocenters. The molecule has 1 aromatic heterocycles. The van der Waals surface area contributed by atoms with Gasteiger partial charge in [0.2, 0.25) is 15.9 Å². The number of anilines is 1. The molecule has 1 N–H and O–H groups in total. The molecule has 1 aromatic carbocycles. The van der Waals surface area contributed by atoms with Crippen LogP contribution in [0.5, 0.6) is 0 Å². The van der Waals surface area contributed by atoms with E-state index in [-0.39, 0.29) is 11.3 Å². The highest BCUT2D eigenvalue weighted by atomic mass is 32.2. The molecule has 0 radical (unpaired) electrons. The summed E-state index contributed by atoms with van der Waals surface area (Å²) >= 11 is 1.61. The van der Waals surface area contributed by atoms with Gasteiger partial charge in [0.25, 0.3) is 0 Å². The van der Waals surface area contributed by atoms with Crippen LogP contribution in [0.3, 0.4) is 0 Å². The second kappa shape index (κ2) is 6.49. The monoisotopic (exact) mass is 402 g/mol. The van der Waals surface area contributed by atoms with Crippen molar-refractivity contribution in [2.45, 2.75) is 12.3 Å². The van der Waals surface area contributed by atoms with E-state index in [0.717, 1.165) is 30.5 Å². The number of thiophene rings is 1. The summed E-state index contributed by atoms with van der Waals surface area (Å²) in [5.41, 5.74) is 2.78. The van der Waals surface area contributed by atoms with E-state index in [1.807, 2.05) is 39.9 Å². The number of amides is 1. The first-order chi connectivity index (χ1) is 12.8. The normalized spacial score (nSPS) is 27.0. The van der Waals surface area contributed by atoms with E-state index in [9.17, 15) is 13.2 Å². The second-order valence-corrected chi connectivity index (χ2v) is 10.1. The third-order valence-corrected chi connectivity index (χ3v) is 7.12. The van der Waals surface area contributed by atoms with Crippen LogP contribution < -0.4 is 4.72 Å². The number of hydrogen-bond donors (Lipinski definition) is 1. The molecule has 2 heterocycles. The van der Waals surface area contributed by atoms with Crippen LogP contribution in [-0.4, -0.2) is 38.6 Å². The van der Waals surface area contributed by atoms with E-state index < -0.39 is 10.0 Å². The SMILES string of the molecule is CC1(c2cccc(NS(C)(=O)=O)c2)C2CN(C(=O)C=Cc3ccsc3)CC21. The van der Waals surface area contributed by atoms with Crippen LogP contribution in [0.4, 0.5) is 5.69 Å². The highest BCUT2D eigenvalue weighted by molar-refractivity contribution is 7.92. The number of nitrogens with zero attached hydrogens (tertiary/aromatic N) is 1. The van der Waals surface area contributed by atoms with E-state index >= 15 is 0 Å². The van der Waals surface area contributed by atoms with Crippen LogP contribution in [0, 0.1) is 11.8 Å². The Balaban J connectivity index is 1.43. The second-order valence-electron chi connectivity index (χ2n) is 7.58. The van der Waals surface area contributed by atoms with Gasteiger partial charge in [0.1, 0.15) is 0 Å². The topological polar surface area (TPSA) is 66.5 Å². The first-order valence-electron chi connectivity index (χ1n) is 8.85. The number of hydrogen-bond acceptors (Lipinski definition) is 4. The summed E-state index contributed by atoms with van der Waals surface area (Å²) in [7, 11) is -3.29. The van der Waals surface area contributed by atoms with Gasteiger partial charge in [-0.05, 0) is 58.0 Å². The first-order valence-corrected chi connectivity index (χ1v) is 11.7. The average molecular weight is 403 g/mol. The maximum absolute atomic E-state index is 12.4.